The van der Waals surface area contributed by atoms with Gasteiger partial charge in [-0.3, -0.25) is 0 Å². The van der Waals surface area contributed by atoms with Crippen LogP contribution in [0.4, 0.5) is 4.79 Å². The number of thiocarbonyl (C=S) groups is 1. The normalized spacial score (nSPS) is 10.7. The molecule has 0 saturated heterocycles. The van der Waals surface area contributed by atoms with Gasteiger partial charge in [0.25, 0.3) is 0 Å². The van der Waals surface area contributed by atoms with E-state index in [1.54, 1.807) is 48.5 Å². The van der Waals surface area contributed by atoms with Gasteiger partial charge in [-0.15, -0.1) is 4.91 Å². The van der Waals surface area contributed by atoms with Crippen molar-refractivity contribution in [3.05, 3.63) is 71.1 Å². The highest BCUT2D eigenvalue weighted by atomic mass is 32.2. The van der Waals surface area contributed by atoms with Crippen molar-refractivity contribution in [2.45, 2.75) is 18.6 Å². The highest BCUT2D eigenvalue weighted by molar-refractivity contribution is 7.99. The average molecular weight is 432 g/mol. The van der Waals surface area contributed by atoms with Crippen LogP contribution in [0, 0.1) is 4.91 Å². The molecule has 0 aliphatic carbocycles. The van der Waals surface area contributed by atoms with Gasteiger partial charge in [-0.2, -0.15) is 0 Å². The molecular formula is C20H21N3O4S2. The smallest absolute Gasteiger partial charge is 0.395 e. The van der Waals surface area contributed by atoms with E-state index in [1.165, 1.54) is 0 Å². The molecule has 0 aliphatic rings. The average Bonchev–Trinajstić information content (AvgIpc) is 2.67. The summed E-state index contributed by atoms with van der Waals surface area (Å²) in [7, 11) is 0. The number of nitrogens with zero attached hydrogens (tertiary/aromatic N) is 1. The number of hydrogen-bond acceptors (Lipinski definition) is 8. The predicted octanol–water partition coefficient (Wildman–Crippen LogP) is 4.65. The van der Waals surface area contributed by atoms with Crippen LogP contribution in [0.25, 0.3) is 5.70 Å². The second-order valence-corrected chi connectivity index (χ2v) is 8.47. The van der Waals surface area contributed by atoms with Gasteiger partial charge in [0, 0.05) is 39.9 Å². The topological polar surface area (TPSA) is 103 Å². The maximum absolute atomic E-state index is 12.2. The number of hydrogen-bond donors (Lipinski definition) is 2. The van der Waals surface area contributed by atoms with Gasteiger partial charge in [-0.25, -0.2) is 4.79 Å². The van der Waals surface area contributed by atoms with Gasteiger partial charge in [0.05, 0.1) is 4.75 Å². The molecule has 2 aromatic carbocycles. The van der Waals surface area contributed by atoms with Gasteiger partial charge in [0.1, 0.15) is 16.5 Å². The zero-order valence-corrected chi connectivity index (χ0v) is 17.6. The van der Waals surface area contributed by atoms with Gasteiger partial charge in [0.15, 0.2) is 0 Å². The van der Waals surface area contributed by atoms with Gasteiger partial charge >= 0.3 is 6.16 Å². The lowest BCUT2D eigenvalue weighted by Gasteiger charge is -2.22. The standard InChI is InChI=1S/C20H21N3O4S2/c1-13(22-12-20(2,3)29-23-25)16-6-4-5-7-17(16)27-19(24)26-15-10-8-14(9-11-15)18(21)28/h4-11,22H,1,12H2,2-3H3,(H2,21,28). The lowest BCUT2D eigenvalue weighted by atomic mass is 10.1. The molecule has 152 valence electrons. The van der Waals surface area contributed by atoms with Gasteiger partial charge in [-0.05, 0) is 50.2 Å². The fourth-order valence-electron chi connectivity index (χ4n) is 2.25. The monoisotopic (exact) mass is 431 g/mol. The van der Waals surface area contributed by atoms with E-state index in [2.05, 4.69) is 16.5 Å². The summed E-state index contributed by atoms with van der Waals surface area (Å²) in [5.41, 5.74) is 7.34. The van der Waals surface area contributed by atoms with Crippen LogP contribution in [-0.4, -0.2) is 22.4 Å². The minimum atomic E-state index is -0.894. The molecule has 0 spiro atoms. The van der Waals surface area contributed by atoms with Crippen LogP contribution in [0.15, 0.2) is 59.7 Å². The highest BCUT2D eigenvalue weighted by Crippen LogP contribution is 2.27. The minimum absolute atomic E-state index is 0.254. The van der Waals surface area contributed by atoms with Crippen LogP contribution in [0.5, 0.6) is 11.5 Å². The first kappa shape index (κ1) is 22.4. The molecule has 0 bridgehead atoms. The Balaban J connectivity index is 2.04. The highest BCUT2D eigenvalue weighted by Gasteiger charge is 2.21. The van der Waals surface area contributed by atoms with E-state index in [0.29, 0.717) is 29.1 Å². The fraction of sp³-hybridized carbons (Fsp3) is 0.200. The van der Waals surface area contributed by atoms with Crippen LogP contribution in [0.3, 0.4) is 0 Å². The summed E-state index contributed by atoms with van der Waals surface area (Å²) in [5.74, 6) is 0.582. The number of carbonyl (C=O) groups is 1. The Morgan fingerprint density at radius 3 is 2.48 bits per heavy atom. The summed E-state index contributed by atoms with van der Waals surface area (Å²) in [6, 6.07) is 13.4. The zero-order chi connectivity index (χ0) is 21.4. The second kappa shape index (κ2) is 10.0. The molecule has 0 aromatic heterocycles. The number of rotatable bonds is 9. The van der Waals surface area contributed by atoms with E-state index < -0.39 is 10.9 Å². The van der Waals surface area contributed by atoms with Crippen LogP contribution in [-0.2, 0) is 0 Å². The summed E-state index contributed by atoms with van der Waals surface area (Å²) in [4.78, 5) is 22.9. The first-order valence-corrected chi connectivity index (χ1v) is 9.72. The van der Waals surface area contributed by atoms with Crippen molar-refractivity contribution in [3.8, 4) is 11.5 Å². The fourth-order valence-corrected chi connectivity index (χ4v) is 2.72. The Morgan fingerprint density at radius 1 is 1.21 bits per heavy atom. The molecule has 0 saturated carbocycles. The molecule has 0 atom stereocenters. The van der Waals surface area contributed by atoms with Gasteiger partial charge in [0.2, 0.25) is 0 Å². The molecule has 0 unspecified atom stereocenters. The third kappa shape index (κ3) is 6.88. The summed E-state index contributed by atoms with van der Waals surface area (Å²) in [5, 5.41) is 3.13. The first-order valence-electron chi connectivity index (χ1n) is 8.54. The third-order valence-electron chi connectivity index (χ3n) is 3.76. The number of nitroso groups, excluding NO2 is 1. The van der Waals surface area contributed by atoms with Crippen LogP contribution >= 0.6 is 24.2 Å². The molecule has 0 aliphatic heterocycles. The Bertz CT molecular complexity index is 914. The van der Waals surface area contributed by atoms with Crippen molar-refractivity contribution in [1.29, 1.82) is 0 Å². The lowest BCUT2D eigenvalue weighted by Crippen LogP contribution is -2.30. The van der Waals surface area contributed by atoms with Crippen molar-refractivity contribution in [2.24, 2.45) is 10.3 Å². The maximum atomic E-state index is 12.2. The molecular weight excluding hydrogens is 410 g/mol. The second-order valence-electron chi connectivity index (χ2n) is 6.60. The number of nitrogens with two attached hydrogens (primary N) is 1. The Morgan fingerprint density at radius 2 is 1.86 bits per heavy atom. The number of para-hydroxylation sites is 1. The Kier molecular flexibility index (Phi) is 7.74. The number of nitrogens with one attached hydrogen (secondary N) is 1. The summed E-state index contributed by atoms with van der Waals surface area (Å²) < 4.78 is 13.0. The van der Waals surface area contributed by atoms with E-state index >= 15 is 0 Å². The van der Waals surface area contributed by atoms with Crippen molar-refractivity contribution in [1.82, 2.24) is 5.32 Å². The molecule has 2 aromatic rings. The number of ether oxygens (including phenoxy) is 2. The quantitative estimate of drug-likeness (QED) is 0.194. The summed E-state index contributed by atoms with van der Waals surface area (Å²) in [6.45, 7) is 8.18. The molecule has 7 nitrogen and oxygen atoms in total. The molecule has 0 fully saturated rings. The molecule has 9 heteroatoms. The van der Waals surface area contributed by atoms with Crippen LogP contribution < -0.4 is 20.5 Å². The van der Waals surface area contributed by atoms with E-state index in [4.69, 9.17) is 27.4 Å². The van der Waals surface area contributed by atoms with Crippen LogP contribution in [0.2, 0.25) is 0 Å². The van der Waals surface area contributed by atoms with Crippen molar-refractivity contribution in [3.63, 3.8) is 0 Å². The molecule has 0 heterocycles. The predicted molar refractivity (Wildman–Crippen MR) is 120 cm³/mol. The molecule has 0 radical (unpaired) electrons. The number of benzene rings is 2. The van der Waals surface area contributed by atoms with Gasteiger partial charge in [-0.1, -0.05) is 30.9 Å². The van der Waals surface area contributed by atoms with E-state index in [0.717, 1.165) is 11.9 Å². The largest absolute Gasteiger partial charge is 0.519 e. The Hall–Kier alpha value is -2.91. The van der Waals surface area contributed by atoms with E-state index in [-0.39, 0.29) is 10.7 Å². The SMILES string of the molecule is C=C(NCC(C)(C)SN=O)c1ccccc1OC(=O)Oc1ccc(C(N)=S)cc1. The molecule has 0 amide bonds. The van der Waals surface area contributed by atoms with Crippen LogP contribution in [0.1, 0.15) is 25.0 Å². The molecule has 29 heavy (non-hydrogen) atoms. The van der Waals surface area contributed by atoms with Crippen molar-refractivity contribution < 1.29 is 14.3 Å². The number of carbonyl (C=O) groups excluding carboxylic acids is 1. The molecule has 2 rings (SSSR count). The Labute approximate surface area is 178 Å². The van der Waals surface area contributed by atoms with Crippen molar-refractivity contribution in [2.75, 3.05) is 6.54 Å². The van der Waals surface area contributed by atoms with Gasteiger partial charge < -0.3 is 20.5 Å². The third-order valence-corrected chi connectivity index (χ3v) is 4.71. The van der Waals surface area contributed by atoms with E-state index in [1.807, 2.05) is 13.8 Å². The van der Waals surface area contributed by atoms with E-state index in [9.17, 15) is 9.70 Å². The first-order chi connectivity index (χ1) is 13.7. The van der Waals surface area contributed by atoms with Crippen molar-refractivity contribution >= 4 is 41.0 Å². The summed E-state index contributed by atoms with van der Waals surface area (Å²) >= 11 is 5.82. The molecule has 3 N–H and O–H groups in total. The lowest BCUT2D eigenvalue weighted by molar-refractivity contribution is 0.151. The summed E-state index contributed by atoms with van der Waals surface area (Å²) in [6.07, 6.45) is -0.894. The maximum Gasteiger partial charge on any atom is 0.519 e. The minimum Gasteiger partial charge on any atom is -0.395 e. The zero-order valence-electron chi connectivity index (χ0n) is 16.0.